The fourth-order valence-electron chi connectivity index (χ4n) is 2.06. The molecule has 1 aliphatic heterocycles. The maximum Gasteiger partial charge on any atom is 0.131 e. The Kier molecular flexibility index (Phi) is 4.55. The minimum absolute atomic E-state index is 0.292. The van der Waals surface area contributed by atoms with Crippen molar-refractivity contribution in [2.24, 2.45) is 5.92 Å². The highest BCUT2D eigenvalue weighted by molar-refractivity contribution is 5.75. The van der Waals surface area contributed by atoms with Crippen LogP contribution in [-0.2, 0) is 4.79 Å². The molecular formula is C11H22N2O. The van der Waals surface area contributed by atoms with Crippen LogP contribution in [0.5, 0.6) is 0 Å². The molecule has 0 aromatic carbocycles. The standard InChI is InChI=1S/C11H22N2O/c1-10(14)4-6-12(2)8-11-5-7-13(3)9-11/h11H,4-9H2,1-3H3. The van der Waals surface area contributed by atoms with Crippen molar-refractivity contribution in [2.75, 3.05) is 40.3 Å². The molecule has 14 heavy (non-hydrogen) atoms. The molecule has 3 heteroatoms. The van der Waals surface area contributed by atoms with E-state index in [1.54, 1.807) is 6.92 Å². The molecule has 0 saturated carbocycles. The molecule has 0 aliphatic carbocycles. The average molecular weight is 198 g/mol. The molecule has 1 heterocycles. The Hall–Kier alpha value is -0.410. The first-order valence-electron chi connectivity index (χ1n) is 5.44. The van der Waals surface area contributed by atoms with E-state index >= 15 is 0 Å². The van der Waals surface area contributed by atoms with E-state index in [0.717, 1.165) is 19.0 Å². The van der Waals surface area contributed by atoms with E-state index in [1.165, 1.54) is 19.5 Å². The largest absolute Gasteiger partial charge is 0.306 e. The quantitative estimate of drug-likeness (QED) is 0.654. The highest BCUT2D eigenvalue weighted by Crippen LogP contribution is 2.14. The first-order valence-corrected chi connectivity index (χ1v) is 5.44. The lowest BCUT2D eigenvalue weighted by molar-refractivity contribution is -0.117. The second-order valence-corrected chi connectivity index (χ2v) is 4.63. The molecule has 3 nitrogen and oxygen atoms in total. The lowest BCUT2D eigenvalue weighted by Gasteiger charge is -2.20. The second-order valence-electron chi connectivity index (χ2n) is 4.63. The fourth-order valence-corrected chi connectivity index (χ4v) is 2.06. The van der Waals surface area contributed by atoms with Crippen LogP contribution in [0, 0.1) is 5.92 Å². The summed E-state index contributed by atoms with van der Waals surface area (Å²) in [5.74, 6) is 1.09. The summed E-state index contributed by atoms with van der Waals surface area (Å²) < 4.78 is 0. The van der Waals surface area contributed by atoms with Crippen LogP contribution < -0.4 is 0 Å². The van der Waals surface area contributed by atoms with Gasteiger partial charge >= 0.3 is 0 Å². The van der Waals surface area contributed by atoms with Crippen LogP contribution in [-0.4, -0.2) is 55.9 Å². The zero-order chi connectivity index (χ0) is 10.6. The van der Waals surface area contributed by atoms with Crippen molar-refractivity contribution < 1.29 is 4.79 Å². The van der Waals surface area contributed by atoms with Gasteiger partial charge in [-0.2, -0.15) is 0 Å². The van der Waals surface area contributed by atoms with E-state index < -0.39 is 0 Å². The van der Waals surface area contributed by atoms with Gasteiger partial charge in [0.15, 0.2) is 0 Å². The molecule has 0 radical (unpaired) electrons. The van der Waals surface area contributed by atoms with Crippen molar-refractivity contribution in [1.82, 2.24) is 9.80 Å². The number of Topliss-reactive ketones (excluding diaryl/α,β-unsaturated/α-hetero) is 1. The molecule has 0 amide bonds. The molecule has 0 spiro atoms. The molecule has 0 aromatic heterocycles. The van der Waals surface area contributed by atoms with Crippen LogP contribution >= 0.6 is 0 Å². The van der Waals surface area contributed by atoms with Gasteiger partial charge in [0, 0.05) is 26.1 Å². The first-order chi connectivity index (χ1) is 6.58. The van der Waals surface area contributed by atoms with Crippen molar-refractivity contribution in [2.45, 2.75) is 19.8 Å². The van der Waals surface area contributed by atoms with Crippen LogP contribution in [0.1, 0.15) is 19.8 Å². The van der Waals surface area contributed by atoms with E-state index in [-0.39, 0.29) is 0 Å². The Labute approximate surface area is 87.1 Å². The summed E-state index contributed by atoms with van der Waals surface area (Å²) in [5, 5.41) is 0. The predicted octanol–water partition coefficient (Wildman–Crippen LogP) is 0.849. The smallest absolute Gasteiger partial charge is 0.131 e. The zero-order valence-corrected chi connectivity index (χ0v) is 9.62. The lowest BCUT2D eigenvalue weighted by Crippen LogP contribution is -2.29. The van der Waals surface area contributed by atoms with Crippen molar-refractivity contribution in [3.8, 4) is 0 Å². The van der Waals surface area contributed by atoms with Gasteiger partial charge in [0.1, 0.15) is 5.78 Å². The third-order valence-electron chi connectivity index (χ3n) is 2.90. The van der Waals surface area contributed by atoms with E-state index in [4.69, 9.17) is 0 Å². The normalized spacial score (nSPS) is 23.3. The molecule has 1 atom stereocenters. The maximum atomic E-state index is 10.8. The topological polar surface area (TPSA) is 23.6 Å². The number of carbonyl (C=O) groups excluding carboxylic acids is 1. The molecular weight excluding hydrogens is 176 g/mol. The van der Waals surface area contributed by atoms with Gasteiger partial charge in [-0.3, -0.25) is 4.79 Å². The number of nitrogens with zero attached hydrogens (tertiary/aromatic N) is 2. The number of rotatable bonds is 5. The van der Waals surface area contributed by atoms with Gasteiger partial charge in [-0.15, -0.1) is 0 Å². The summed E-state index contributed by atoms with van der Waals surface area (Å²) in [6.45, 7) is 6.15. The van der Waals surface area contributed by atoms with Gasteiger partial charge in [-0.05, 0) is 39.9 Å². The van der Waals surface area contributed by atoms with Gasteiger partial charge in [-0.25, -0.2) is 0 Å². The highest BCUT2D eigenvalue weighted by atomic mass is 16.1. The zero-order valence-electron chi connectivity index (χ0n) is 9.62. The van der Waals surface area contributed by atoms with Crippen LogP contribution in [0.3, 0.4) is 0 Å². The molecule has 1 rings (SSSR count). The van der Waals surface area contributed by atoms with Crippen molar-refractivity contribution >= 4 is 5.78 Å². The SMILES string of the molecule is CC(=O)CCN(C)CC1CCN(C)C1. The molecule has 1 fully saturated rings. The summed E-state index contributed by atoms with van der Waals surface area (Å²) in [7, 11) is 4.29. The summed E-state index contributed by atoms with van der Waals surface area (Å²) in [5.41, 5.74) is 0. The number of likely N-dealkylation sites (tertiary alicyclic amines) is 1. The predicted molar refractivity (Wildman–Crippen MR) is 58.4 cm³/mol. The lowest BCUT2D eigenvalue weighted by atomic mass is 10.1. The van der Waals surface area contributed by atoms with Gasteiger partial charge in [0.2, 0.25) is 0 Å². The van der Waals surface area contributed by atoms with Crippen molar-refractivity contribution in [3.05, 3.63) is 0 Å². The van der Waals surface area contributed by atoms with E-state index in [2.05, 4.69) is 23.9 Å². The molecule has 1 unspecified atom stereocenters. The van der Waals surface area contributed by atoms with Crippen LogP contribution in [0.25, 0.3) is 0 Å². The van der Waals surface area contributed by atoms with Crippen molar-refractivity contribution in [3.63, 3.8) is 0 Å². The molecule has 1 aliphatic rings. The van der Waals surface area contributed by atoms with E-state index in [9.17, 15) is 4.79 Å². The molecule has 1 saturated heterocycles. The van der Waals surface area contributed by atoms with Crippen LogP contribution in [0.4, 0.5) is 0 Å². The summed E-state index contributed by atoms with van der Waals surface area (Å²) >= 11 is 0. The Morgan fingerprint density at radius 1 is 1.57 bits per heavy atom. The second kappa shape index (κ2) is 5.47. The third-order valence-corrected chi connectivity index (χ3v) is 2.90. The number of hydrogen-bond donors (Lipinski definition) is 0. The minimum atomic E-state index is 0.292. The number of hydrogen-bond acceptors (Lipinski definition) is 3. The van der Waals surface area contributed by atoms with E-state index in [1.807, 2.05) is 0 Å². The summed E-state index contributed by atoms with van der Waals surface area (Å²) in [6.07, 6.45) is 2.00. The maximum absolute atomic E-state index is 10.8. The van der Waals surface area contributed by atoms with Crippen molar-refractivity contribution in [1.29, 1.82) is 0 Å². The molecule has 0 aromatic rings. The highest BCUT2D eigenvalue weighted by Gasteiger charge is 2.20. The molecule has 0 N–H and O–H groups in total. The van der Waals surface area contributed by atoms with Gasteiger partial charge in [0.25, 0.3) is 0 Å². The molecule has 82 valence electrons. The fraction of sp³-hybridized carbons (Fsp3) is 0.909. The minimum Gasteiger partial charge on any atom is -0.306 e. The Morgan fingerprint density at radius 3 is 2.79 bits per heavy atom. The van der Waals surface area contributed by atoms with E-state index in [0.29, 0.717) is 12.2 Å². The number of carbonyl (C=O) groups is 1. The monoisotopic (exact) mass is 198 g/mol. The number of ketones is 1. The summed E-state index contributed by atoms with van der Waals surface area (Å²) in [4.78, 5) is 15.5. The Bertz CT molecular complexity index is 194. The van der Waals surface area contributed by atoms with Crippen LogP contribution in [0.2, 0.25) is 0 Å². The summed E-state index contributed by atoms with van der Waals surface area (Å²) in [6, 6.07) is 0. The average Bonchev–Trinajstić information content (AvgIpc) is 2.48. The van der Waals surface area contributed by atoms with Crippen LogP contribution in [0.15, 0.2) is 0 Å². The van der Waals surface area contributed by atoms with Gasteiger partial charge in [-0.1, -0.05) is 0 Å². The Balaban J connectivity index is 2.13. The molecule has 0 bridgehead atoms. The third kappa shape index (κ3) is 4.20. The van der Waals surface area contributed by atoms with Gasteiger partial charge < -0.3 is 9.80 Å². The van der Waals surface area contributed by atoms with Gasteiger partial charge in [0.05, 0.1) is 0 Å². The first kappa shape index (κ1) is 11.7. The Morgan fingerprint density at radius 2 is 2.29 bits per heavy atom.